The third-order valence-electron chi connectivity index (χ3n) is 8.42. The predicted octanol–water partition coefficient (Wildman–Crippen LogP) is 10.8. The number of rotatable bonds is 4. The van der Waals surface area contributed by atoms with Crippen LogP contribution in [0, 0.1) is 6.92 Å². The van der Waals surface area contributed by atoms with E-state index in [1.54, 1.807) is 0 Å². The van der Waals surface area contributed by atoms with E-state index in [0.29, 0.717) is 0 Å². The molecule has 0 spiro atoms. The highest BCUT2D eigenvalue weighted by molar-refractivity contribution is 6.07. The molecule has 0 radical (unpaired) electrons. The maximum Gasteiger partial charge on any atom is 0.0156 e. The lowest BCUT2D eigenvalue weighted by Gasteiger charge is -2.24. The van der Waals surface area contributed by atoms with Gasteiger partial charge < -0.3 is 0 Å². The first kappa shape index (κ1) is 26.4. The molecule has 0 amide bonds. The second-order valence-corrected chi connectivity index (χ2v) is 11.0. The highest BCUT2D eigenvalue weighted by Gasteiger charge is 2.42. The first-order valence-corrected chi connectivity index (χ1v) is 13.9. The second kappa shape index (κ2) is 10.5. The molecule has 0 saturated carbocycles. The summed E-state index contributed by atoms with van der Waals surface area (Å²) in [5.74, 6) is 0.263. The Kier molecular flexibility index (Phi) is 7.15. The molecule has 0 fully saturated rings. The van der Waals surface area contributed by atoms with E-state index in [1.807, 2.05) is 18.2 Å². The second-order valence-electron chi connectivity index (χ2n) is 11.0. The summed E-state index contributed by atoms with van der Waals surface area (Å²) < 4.78 is 0. The van der Waals surface area contributed by atoms with Gasteiger partial charge in [-0.3, -0.25) is 0 Å². The largest absolute Gasteiger partial charge is 0.0987 e. The normalized spacial score (nSPS) is 16.1. The molecular formula is C39H38. The predicted molar refractivity (Wildman–Crippen MR) is 171 cm³/mol. The van der Waals surface area contributed by atoms with E-state index in [1.165, 1.54) is 66.8 Å². The fourth-order valence-electron chi connectivity index (χ4n) is 6.46. The van der Waals surface area contributed by atoms with Crippen LogP contribution >= 0.6 is 0 Å². The van der Waals surface area contributed by atoms with E-state index in [2.05, 4.69) is 139 Å². The minimum Gasteiger partial charge on any atom is -0.0987 e. The number of allylic oxidation sites excluding steroid dienone is 4. The summed E-state index contributed by atoms with van der Waals surface area (Å²) in [6, 6.07) is 32.3. The number of benzene rings is 4. The average molecular weight is 507 g/mol. The maximum absolute atomic E-state index is 4.31. The SMILES string of the molecule is C=CC1=C(C(C)c2ccccc2)c2c(cc3c(c2C=C)/C(=C\C)c2ccccc2-3)C1(C)C.Cc1ccccc1. The molecule has 0 N–H and O–H groups in total. The van der Waals surface area contributed by atoms with Crippen molar-refractivity contribution in [2.75, 3.05) is 0 Å². The number of fused-ring (bicyclic) bond motifs is 4. The molecule has 194 valence electrons. The monoisotopic (exact) mass is 506 g/mol. The Bertz CT molecular complexity index is 1610. The molecule has 4 aromatic rings. The van der Waals surface area contributed by atoms with Gasteiger partial charge in [0.2, 0.25) is 0 Å². The van der Waals surface area contributed by atoms with Crippen molar-refractivity contribution in [2.45, 2.75) is 46.0 Å². The van der Waals surface area contributed by atoms with Crippen LogP contribution in [-0.2, 0) is 5.41 Å². The van der Waals surface area contributed by atoms with E-state index >= 15 is 0 Å². The topological polar surface area (TPSA) is 0 Å². The highest BCUT2D eigenvalue weighted by Crippen LogP contribution is 2.57. The molecule has 0 saturated heterocycles. The zero-order valence-electron chi connectivity index (χ0n) is 23.9. The van der Waals surface area contributed by atoms with E-state index in [9.17, 15) is 0 Å². The van der Waals surface area contributed by atoms with Crippen LogP contribution in [-0.4, -0.2) is 0 Å². The lowest BCUT2D eigenvalue weighted by Crippen LogP contribution is -2.16. The van der Waals surface area contributed by atoms with Crippen LogP contribution in [0.25, 0.3) is 28.3 Å². The number of hydrogen-bond acceptors (Lipinski definition) is 0. The van der Waals surface area contributed by atoms with E-state index < -0.39 is 0 Å². The van der Waals surface area contributed by atoms with Crippen molar-refractivity contribution in [3.05, 3.63) is 161 Å². The van der Waals surface area contributed by atoms with Gasteiger partial charge >= 0.3 is 0 Å². The van der Waals surface area contributed by atoms with Gasteiger partial charge in [-0.25, -0.2) is 0 Å². The van der Waals surface area contributed by atoms with Crippen molar-refractivity contribution < 1.29 is 0 Å². The van der Waals surface area contributed by atoms with Crippen LogP contribution in [0.3, 0.4) is 0 Å². The molecule has 2 aliphatic rings. The Hall–Kier alpha value is -4.16. The fourth-order valence-corrected chi connectivity index (χ4v) is 6.46. The maximum atomic E-state index is 4.31. The molecule has 0 heterocycles. The summed E-state index contributed by atoms with van der Waals surface area (Å²) in [6.07, 6.45) is 6.41. The summed E-state index contributed by atoms with van der Waals surface area (Å²) in [6.45, 7) is 19.8. The summed E-state index contributed by atoms with van der Waals surface area (Å²) in [4.78, 5) is 0. The highest BCUT2D eigenvalue weighted by atomic mass is 14.4. The number of aryl methyl sites for hydroxylation is 1. The molecule has 0 nitrogen and oxygen atoms in total. The Morgan fingerprint density at radius 1 is 0.718 bits per heavy atom. The minimum atomic E-state index is -0.115. The first-order chi connectivity index (χ1) is 18.8. The lowest BCUT2D eigenvalue weighted by atomic mass is 9.79. The summed E-state index contributed by atoms with van der Waals surface area (Å²) in [5.41, 5.74) is 15.8. The average Bonchev–Trinajstić information content (AvgIpc) is 3.40. The van der Waals surface area contributed by atoms with Gasteiger partial charge in [-0.15, -0.1) is 0 Å². The summed E-state index contributed by atoms with van der Waals surface area (Å²) in [5, 5.41) is 0. The van der Waals surface area contributed by atoms with Crippen molar-refractivity contribution in [1.29, 1.82) is 0 Å². The molecule has 1 atom stereocenters. The molecule has 39 heavy (non-hydrogen) atoms. The van der Waals surface area contributed by atoms with Crippen LogP contribution < -0.4 is 0 Å². The van der Waals surface area contributed by atoms with Gasteiger partial charge in [-0.2, -0.15) is 0 Å². The Morgan fingerprint density at radius 2 is 1.31 bits per heavy atom. The molecule has 2 aliphatic carbocycles. The molecule has 0 aromatic heterocycles. The smallest absolute Gasteiger partial charge is 0.0156 e. The zero-order chi connectivity index (χ0) is 27.7. The molecular weight excluding hydrogens is 468 g/mol. The Labute approximate surface area is 234 Å². The van der Waals surface area contributed by atoms with E-state index in [4.69, 9.17) is 0 Å². The van der Waals surface area contributed by atoms with Crippen molar-refractivity contribution in [3.63, 3.8) is 0 Å². The zero-order valence-corrected chi connectivity index (χ0v) is 23.9. The van der Waals surface area contributed by atoms with Crippen molar-refractivity contribution >= 4 is 17.2 Å². The van der Waals surface area contributed by atoms with E-state index in [0.717, 1.165) is 0 Å². The molecule has 0 aliphatic heterocycles. The molecule has 4 aromatic carbocycles. The van der Waals surface area contributed by atoms with Gasteiger partial charge in [-0.1, -0.05) is 143 Å². The van der Waals surface area contributed by atoms with Gasteiger partial charge in [0.25, 0.3) is 0 Å². The van der Waals surface area contributed by atoms with Gasteiger partial charge in [0.05, 0.1) is 0 Å². The quantitative estimate of drug-likeness (QED) is 0.227. The van der Waals surface area contributed by atoms with Crippen LogP contribution in [0.1, 0.15) is 72.6 Å². The van der Waals surface area contributed by atoms with Crippen molar-refractivity contribution in [2.24, 2.45) is 0 Å². The van der Waals surface area contributed by atoms with E-state index in [-0.39, 0.29) is 11.3 Å². The standard InChI is InChI=1S/C32H30.C7H8/c1-7-22-24-17-13-14-18-25(24)26-19-28-31(23(8-2)30(22)26)29(27(9-3)32(28,5)6)20(4)21-15-11-10-12-16-21;1-7-5-3-2-4-6-7/h7-20H,2-3H2,1,4-6H3;2-6H,1H3/b22-7-;. The molecule has 6 rings (SSSR count). The first-order valence-electron chi connectivity index (χ1n) is 13.9. The Balaban J connectivity index is 0.000000384. The van der Waals surface area contributed by atoms with Gasteiger partial charge in [0.1, 0.15) is 0 Å². The summed E-state index contributed by atoms with van der Waals surface area (Å²) in [7, 11) is 0. The van der Waals surface area contributed by atoms with Crippen molar-refractivity contribution in [1.82, 2.24) is 0 Å². The third kappa shape index (κ3) is 4.35. The number of hydrogen-bond donors (Lipinski definition) is 0. The Morgan fingerprint density at radius 3 is 1.85 bits per heavy atom. The van der Waals surface area contributed by atoms with Crippen LogP contribution in [0.15, 0.2) is 122 Å². The summed E-state index contributed by atoms with van der Waals surface area (Å²) >= 11 is 0. The van der Waals surface area contributed by atoms with Gasteiger partial charge in [0.15, 0.2) is 0 Å². The molecule has 0 heteroatoms. The van der Waals surface area contributed by atoms with Crippen molar-refractivity contribution in [3.8, 4) is 11.1 Å². The van der Waals surface area contributed by atoms with Gasteiger partial charge in [-0.05, 0) is 81.1 Å². The fraction of sp³-hybridized carbons (Fsp3) is 0.179. The third-order valence-corrected chi connectivity index (χ3v) is 8.42. The lowest BCUT2D eigenvalue weighted by molar-refractivity contribution is 0.653. The van der Waals surface area contributed by atoms with Crippen LogP contribution in [0.4, 0.5) is 0 Å². The molecule has 0 bridgehead atoms. The van der Waals surface area contributed by atoms with Crippen LogP contribution in [0.5, 0.6) is 0 Å². The van der Waals surface area contributed by atoms with Crippen LogP contribution in [0.2, 0.25) is 0 Å². The van der Waals surface area contributed by atoms with Gasteiger partial charge in [0, 0.05) is 11.3 Å². The molecule has 1 unspecified atom stereocenters. The minimum absolute atomic E-state index is 0.115.